The van der Waals surface area contributed by atoms with Crippen molar-refractivity contribution in [1.82, 2.24) is 14.9 Å². The van der Waals surface area contributed by atoms with Crippen molar-refractivity contribution in [2.75, 3.05) is 18.4 Å². The Hall–Kier alpha value is -3.13. The average molecular weight is 410 g/mol. The maximum atomic E-state index is 13.0. The smallest absolute Gasteiger partial charge is 0.253 e. The van der Waals surface area contributed by atoms with Crippen LogP contribution in [-0.4, -0.2) is 39.8 Å². The van der Waals surface area contributed by atoms with Crippen LogP contribution in [0.4, 0.5) is 9.52 Å². The largest absolute Gasteiger partial charge is 0.339 e. The van der Waals surface area contributed by atoms with Gasteiger partial charge in [0.2, 0.25) is 5.91 Å². The number of piperidine rings is 1. The minimum Gasteiger partial charge on any atom is -0.339 e. The van der Waals surface area contributed by atoms with Crippen molar-refractivity contribution in [3.63, 3.8) is 0 Å². The van der Waals surface area contributed by atoms with Crippen LogP contribution >= 0.6 is 11.3 Å². The molecule has 1 aliphatic heterocycles. The number of benzene rings is 1. The van der Waals surface area contributed by atoms with E-state index >= 15 is 0 Å². The van der Waals surface area contributed by atoms with Crippen LogP contribution in [0.1, 0.15) is 23.2 Å². The van der Waals surface area contributed by atoms with Gasteiger partial charge in [0.15, 0.2) is 5.13 Å². The van der Waals surface area contributed by atoms with Gasteiger partial charge in [-0.25, -0.2) is 9.37 Å². The van der Waals surface area contributed by atoms with E-state index in [1.54, 1.807) is 11.1 Å². The predicted octanol–water partition coefficient (Wildman–Crippen LogP) is 3.84. The number of rotatable bonds is 4. The molecule has 0 spiro atoms. The monoisotopic (exact) mass is 410 g/mol. The fraction of sp³-hybridized carbons (Fsp3) is 0.238. The van der Waals surface area contributed by atoms with E-state index in [1.807, 2.05) is 23.6 Å². The second-order valence-corrected chi connectivity index (χ2v) is 7.67. The summed E-state index contributed by atoms with van der Waals surface area (Å²) in [7, 11) is 0. The number of halogens is 1. The number of pyridine rings is 1. The first kappa shape index (κ1) is 19.2. The molecule has 6 nitrogen and oxygen atoms in total. The maximum absolute atomic E-state index is 13.0. The fourth-order valence-electron chi connectivity index (χ4n) is 3.29. The van der Waals surface area contributed by atoms with Crippen LogP contribution in [0.15, 0.2) is 54.0 Å². The van der Waals surface area contributed by atoms with Gasteiger partial charge in [0.25, 0.3) is 5.91 Å². The standard InChI is InChI=1S/C21H19FN4O2S/c22-16-6-4-15(5-7-16)20(28)26-11-8-14(9-12-26)19(27)25-21-24-18(13-29-21)17-3-1-2-10-23-17/h1-7,10,13-14H,8-9,11-12H2,(H,24,25,27). The summed E-state index contributed by atoms with van der Waals surface area (Å²) in [6, 6.07) is 11.1. The van der Waals surface area contributed by atoms with Crippen molar-refractivity contribution < 1.29 is 14.0 Å². The summed E-state index contributed by atoms with van der Waals surface area (Å²) < 4.78 is 13.0. The van der Waals surface area contributed by atoms with Crippen LogP contribution < -0.4 is 5.32 Å². The lowest BCUT2D eigenvalue weighted by molar-refractivity contribution is -0.121. The predicted molar refractivity (Wildman–Crippen MR) is 109 cm³/mol. The third-order valence-corrected chi connectivity index (χ3v) is 5.66. The molecule has 0 atom stereocenters. The quantitative estimate of drug-likeness (QED) is 0.709. The van der Waals surface area contributed by atoms with Crippen LogP contribution in [0.2, 0.25) is 0 Å². The molecule has 3 heterocycles. The topological polar surface area (TPSA) is 75.2 Å². The molecule has 1 aromatic carbocycles. The Bertz CT molecular complexity index is 999. The van der Waals surface area contributed by atoms with Gasteiger partial charge in [0.1, 0.15) is 11.5 Å². The van der Waals surface area contributed by atoms with Gasteiger partial charge in [-0.15, -0.1) is 11.3 Å². The molecule has 2 amide bonds. The zero-order chi connectivity index (χ0) is 20.2. The van der Waals surface area contributed by atoms with Gasteiger partial charge in [-0.2, -0.15) is 0 Å². The van der Waals surface area contributed by atoms with Crippen LogP contribution in [0.25, 0.3) is 11.4 Å². The molecule has 1 saturated heterocycles. The van der Waals surface area contributed by atoms with Crippen molar-refractivity contribution in [3.05, 3.63) is 65.4 Å². The summed E-state index contributed by atoms with van der Waals surface area (Å²) in [5, 5.41) is 5.28. The van der Waals surface area contributed by atoms with E-state index < -0.39 is 0 Å². The van der Waals surface area contributed by atoms with E-state index in [9.17, 15) is 14.0 Å². The fourth-order valence-corrected chi connectivity index (χ4v) is 4.00. The molecule has 1 fully saturated rings. The molecule has 8 heteroatoms. The summed E-state index contributed by atoms with van der Waals surface area (Å²) in [6.45, 7) is 0.983. The maximum Gasteiger partial charge on any atom is 0.253 e. The highest BCUT2D eigenvalue weighted by atomic mass is 32.1. The molecular formula is C21H19FN4O2S. The Morgan fingerprint density at radius 3 is 2.52 bits per heavy atom. The number of aromatic nitrogens is 2. The molecule has 2 aromatic heterocycles. The lowest BCUT2D eigenvalue weighted by atomic mass is 9.95. The number of carbonyl (C=O) groups is 2. The number of amides is 2. The van der Waals surface area contributed by atoms with Crippen molar-refractivity contribution in [2.45, 2.75) is 12.8 Å². The SMILES string of the molecule is O=C(Nc1nc(-c2ccccn2)cs1)C1CCN(C(=O)c2ccc(F)cc2)CC1. The average Bonchev–Trinajstić information content (AvgIpc) is 3.23. The Kier molecular flexibility index (Phi) is 5.62. The molecule has 0 radical (unpaired) electrons. The molecule has 0 bridgehead atoms. The van der Waals surface area contributed by atoms with E-state index in [-0.39, 0.29) is 23.5 Å². The van der Waals surface area contributed by atoms with Crippen molar-refractivity contribution in [3.8, 4) is 11.4 Å². The van der Waals surface area contributed by atoms with Gasteiger partial charge in [-0.1, -0.05) is 6.07 Å². The van der Waals surface area contributed by atoms with Crippen molar-refractivity contribution in [1.29, 1.82) is 0 Å². The molecule has 1 aliphatic rings. The lowest BCUT2D eigenvalue weighted by Gasteiger charge is -2.31. The molecule has 0 saturated carbocycles. The Labute approximate surface area is 171 Å². The highest BCUT2D eigenvalue weighted by molar-refractivity contribution is 7.14. The summed E-state index contributed by atoms with van der Waals surface area (Å²) in [5.41, 5.74) is 1.95. The number of nitrogens with one attached hydrogen (secondary N) is 1. The van der Waals surface area contributed by atoms with Crippen molar-refractivity contribution >= 4 is 28.3 Å². The van der Waals surface area contributed by atoms with Crippen LogP contribution in [0.3, 0.4) is 0 Å². The number of anilines is 1. The third kappa shape index (κ3) is 4.48. The minimum atomic E-state index is -0.370. The number of thiazole rings is 1. The summed E-state index contributed by atoms with van der Waals surface area (Å²) in [6.07, 6.45) is 2.86. The van der Waals surface area contributed by atoms with Gasteiger partial charge in [0, 0.05) is 36.1 Å². The van der Waals surface area contributed by atoms with Gasteiger partial charge in [0.05, 0.1) is 5.69 Å². The van der Waals surface area contributed by atoms with E-state index in [1.165, 1.54) is 35.6 Å². The summed E-state index contributed by atoms with van der Waals surface area (Å²) in [5.74, 6) is -0.760. The highest BCUT2D eigenvalue weighted by Gasteiger charge is 2.28. The van der Waals surface area contributed by atoms with Gasteiger partial charge >= 0.3 is 0 Å². The normalized spacial score (nSPS) is 14.6. The summed E-state index contributed by atoms with van der Waals surface area (Å²) in [4.78, 5) is 35.5. The molecule has 29 heavy (non-hydrogen) atoms. The van der Waals surface area contributed by atoms with Crippen LogP contribution in [-0.2, 0) is 4.79 Å². The molecule has 3 aromatic rings. The van der Waals surface area contributed by atoms with Gasteiger partial charge < -0.3 is 10.2 Å². The minimum absolute atomic E-state index is 0.0826. The lowest BCUT2D eigenvalue weighted by Crippen LogP contribution is -2.41. The number of hydrogen-bond donors (Lipinski definition) is 1. The van der Waals surface area contributed by atoms with Crippen LogP contribution in [0.5, 0.6) is 0 Å². The van der Waals surface area contributed by atoms with Crippen molar-refractivity contribution in [2.24, 2.45) is 5.92 Å². The number of carbonyl (C=O) groups excluding carboxylic acids is 2. The van der Waals surface area contributed by atoms with E-state index in [0.717, 1.165) is 11.4 Å². The molecule has 0 aliphatic carbocycles. The molecule has 1 N–H and O–H groups in total. The Balaban J connectivity index is 1.32. The Morgan fingerprint density at radius 1 is 1.07 bits per heavy atom. The highest BCUT2D eigenvalue weighted by Crippen LogP contribution is 2.25. The molecule has 4 rings (SSSR count). The second kappa shape index (κ2) is 8.48. The number of nitrogens with zero attached hydrogens (tertiary/aromatic N) is 3. The Morgan fingerprint density at radius 2 is 1.83 bits per heavy atom. The van der Waals surface area contributed by atoms with Gasteiger partial charge in [-0.3, -0.25) is 14.6 Å². The first-order valence-corrected chi connectivity index (χ1v) is 10.2. The molecule has 148 valence electrons. The van der Waals surface area contributed by atoms with Crippen LogP contribution in [0, 0.1) is 11.7 Å². The van der Waals surface area contributed by atoms with Gasteiger partial charge in [-0.05, 0) is 49.2 Å². The second-order valence-electron chi connectivity index (χ2n) is 6.82. The number of hydrogen-bond acceptors (Lipinski definition) is 5. The molecular weight excluding hydrogens is 391 g/mol. The zero-order valence-corrected chi connectivity index (χ0v) is 16.4. The number of likely N-dealkylation sites (tertiary alicyclic amines) is 1. The first-order chi connectivity index (χ1) is 14.1. The first-order valence-electron chi connectivity index (χ1n) is 9.33. The van der Waals surface area contributed by atoms with E-state index in [2.05, 4.69) is 15.3 Å². The molecule has 0 unspecified atom stereocenters. The summed E-state index contributed by atoms with van der Waals surface area (Å²) >= 11 is 1.36. The third-order valence-electron chi connectivity index (χ3n) is 4.91. The van der Waals surface area contributed by atoms with E-state index in [0.29, 0.717) is 36.6 Å². The zero-order valence-electron chi connectivity index (χ0n) is 15.5. The van der Waals surface area contributed by atoms with E-state index in [4.69, 9.17) is 0 Å².